The number of fused-ring (bicyclic) bond motifs is 3. The summed E-state index contributed by atoms with van der Waals surface area (Å²) in [6.45, 7) is 0. The molecule has 1 aliphatic rings. The molecule has 1 aromatic heterocycles. The summed E-state index contributed by atoms with van der Waals surface area (Å²) in [7, 11) is 0. The molecule has 0 saturated carbocycles. The zero-order chi connectivity index (χ0) is 10.4. The molecule has 78 valence electrons. The van der Waals surface area contributed by atoms with Crippen LogP contribution in [0.15, 0.2) is 18.2 Å². The van der Waals surface area contributed by atoms with Crippen molar-refractivity contribution in [1.29, 1.82) is 0 Å². The van der Waals surface area contributed by atoms with Gasteiger partial charge in [-0.05, 0) is 24.5 Å². The molecule has 15 heavy (non-hydrogen) atoms. The van der Waals surface area contributed by atoms with Gasteiger partial charge in [-0.15, -0.1) is 0 Å². The number of H-pyrrole nitrogens is 1. The first-order valence-electron chi connectivity index (χ1n) is 5.21. The zero-order valence-electron chi connectivity index (χ0n) is 8.26. The van der Waals surface area contributed by atoms with Crippen LogP contribution in [-0.4, -0.2) is 16.2 Å². The highest BCUT2D eigenvalue weighted by atomic mass is 19.1. The van der Waals surface area contributed by atoms with E-state index in [0.29, 0.717) is 11.9 Å². The van der Waals surface area contributed by atoms with E-state index in [9.17, 15) is 9.50 Å². The molecule has 2 N–H and O–H groups in total. The van der Waals surface area contributed by atoms with Gasteiger partial charge in [0.1, 0.15) is 5.82 Å². The number of aromatic amines is 1. The average Bonchev–Trinajstić information content (AvgIpc) is 2.58. The molecule has 1 aliphatic carbocycles. The van der Waals surface area contributed by atoms with Crippen LogP contribution in [0.25, 0.3) is 10.9 Å². The molecular weight excluding hydrogens is 193 g/mol. The van der Waals surface area contributed by atoms with Gasteiger partial charge in [-0.1, -0.05) is 12.1 Å². The second-order valence-corrected chi connectivity index (χ2v) is 4.14. The van der Waals surface area contributed by atoms with Gasteiger partial charge in [0.2, 0.25) is 0 Å². The van der Waals surface area contributed by atoms with Gasteiger partial charge in [-0.25, -0.2) is 4.39 Å². The maximum Gasteiger partial charge on any atom is 0.147 e. The summed E-state index contributed by atoms with van der Waals surface area (Å²) in [5, 5.41) is 10.5. The third-order valence-electron chi connectivity index (χ3n) is 3.15. The molecule has 0 fully saturated rings. The van der Waals surface area contributed by atoms with E-state index in [4.69, 9.17) is 0 Å². The lowest BCUT2D eigenvalue weighted by molar-refractivity contribution is 0.158. The normalized spacial score (nSPS) is 20.5. The number of rotatable bonds is 0. The number of aryl methyl sites for hydroxylation is 1. The smallest absolute Gasteiger partial charge is 0.147 e. The number of aromatic nitrogens is 1. The molecule has 3 heteroatoms. The minimum Gasteiger partial charge on any atom is -0.393 e. The molecule has 0 radical (unpaired) electrons. The van der Waals surface area contributed by atoms with Gasteiger partial charge in [0, 0.05) is 17.5 Å². The zero-order valence-corrected chi connectivity index (χ0v) is 8.26. The molecule has 0 spiro atoms. The van der Waals surface area contributed by atoms with E-state index in [-0.39, 0.29) is 11.9 Å². The van der Waals surface area contributed by atoms with Crippen molar-refractivity contribution >= 4 is 10.9 Å². The standard InChI is InChI=1S/C12H12FNO/c13-10-3-1-2-8-9-6-7(15)4-5-11(9)14-12(8)10/h1-3,7,14-15H,4-6H2. The molecule has 0 saturated heterocycles. The maximum atomic E-state index is 13.5. The Morgan fingerprint density at radius 2 is 2.27 bits per heavy atom. The number of nitrogens with one attached hydrogen (secondary N) is 1. The van der Waals surface area contributed by atoms with E-state index < -0.39 is 0 Å². The van der Waals surface area contributed by atoms with Gasteiger partial charge >= 0.3 is 0 Å². The van der Waals surface area contributed by atoms with Crippen molar-refractivity contribution < 1.29 is 9.50 Å². The summed E-state index contributed by atoms with van der Waals surface area (Å²) in [5.74, 6) is -0.212. The van der Waals surface area contributed by atoms with E-state index in [2.05, 4.69) is 4.98 Å². The van der Waals surface area contributed by atoms with Crippen molar-refractivity contribution in [3.8, 4) is 0 Å². The minimum absolute atomic E-state index is 0.212. The highest BCUT2D eigenvalue weighted by molar-refractivity contribution is 5.85. The van der Waals surface area contributed by atoms with Gasteiger partial charge in [0.15, 0.2) is 0 Å². The monoisotopic (exact) mass is 205 g/mol. The van der Waals surface area contributed by atoms with Gasteiger partial charge in [0.25, 0.3) is 0 Å². The molecule has 3 rings (SSSR count). The van der Waals surface area contributed by atoms with Crippen LogP contribution in [0.5, 0.6) is 0 Å². The van der Waals surface area contributed by atoms with E-state index >= 15 is 0 Å². The van der Waals surface area contributed by atoms with Gasteiger partial charge in [-0.2, -0.15) is 0 Å². The van der Waals surface area contributed by atoms with Gasteiger partial charge in [0.05, 0.1) is 11.6 Å². The highest BCUT2D eigenvalue weighted by Crippen LogP contribution is 2.30. The van der Waals surface area contributed by atoms with Crippen LogP contribution >= 0.6 is 0 Å². The van der Waals surface area contributed by atoms with Crippen molar-refractivity contribution in [2.75, 3.05) is 0 Å². The lowest BCUT2D eigenvalue weighted by atomic mass is 9.93. The number of aliphatic hydroxyl groups is 1. The Hall–Kier alpha value is -1.35. The third-order valence-corrected chi connectivity index (χ3v) is 3.15. The third kappa shape index (κ3) is 1.27. The van der Waals surface area contributed by atoms with Gasteiger partial charge < -0.3 is 10.1 Å². The van der Waals surface area contributed by atoms with Crippen LogP contribution in [0, 0.1) is 5.82 Å². The van der Waals surface area contributed by atoms with Crippen molar-refractivity contribution in [1.82, 2.24) is 4.98 Å². The first-order chi connectivity index (χ1) is 7.25. The van der Waals surface area contributed by atoms with Crippen LogP contribution in [0.4, 0.5) is 4.39 Å². The summed E-state index contributed by atoms with van der Waals surface area (Å²) >= 11 is 0. The number of para-hydroxylation sites is 1. The van der Waals surface area contributed by atoms with Crippen molar-refractivity contribution in [3.63, 3.8) is 0 Å². The fraction of sp³-hybridized carbons (Fsp3) is 0.333. The second-order valence-electron chi connectivity index (χ2n) is 4.14. The first-order valence-corrected chi connectivity index (χ1v) is 5.21. The Kier molecular flexibility index (Phi) is 1.83. The topological polar surface area (TPSA) is 36.0 Å². The average molecular weight is 205 g/mol. The SMILES string of the molecule is OC1CCc2[nH]c3c(F)cccc3c2C1. The fourth-order valence-corrected chi connectivity index (χ4v) is 2.39. The number of halogens is 1. The molecule has 2 nitrogen and oxygen atoms in total. The predicted octanol–water partition coefficient (Wildman–Crippen LogP) is 2.16. The summed E-state index contributed by atoms with van der Waals surface area (Å²) in [4.78, 5) is 3.12. The minimum atomic E-state index is -0.278. The summed E-state index contributed by atoms with van der Waals surface area (Å²) in [5.41, 5.74) is 2.75. The van der Waals surface area contributed by atoms with Crippen LogP contribution < -0.4 is 0 Å². The number of hydrogen-bond donors (Lipinski definition) is 2. The van der Waals surface area contributed by atoms with Crippen LogP contribution in [-0.2, 0) is 12.8 Å². The van der Waals surface area contributed by atoms with Crippen molar-refractivity contribution in [2.24, 2.45) is 0 Å². The Labute approximate surface area is 86.7 Å². The molecule has 1 heterocycles. The molecule has 1 unspecified atom stereocenters. The molecule has 0 bridgehead atoms. The highest BCUT2D eigenvalue weighted by Gasteiger charge is 2.21. The quantitative estimate of drug-likeness (QED) is 0.679. The maximum absolute atomic E-state index is 13.5. The fourth-order valence-electron chi connectivity index (χ4n) is 2.39. The van der Waals surface area contributed by atoms with E-state index in [1.807, 2.05) is 6.07 Å². The van der Waals surface area contributed by atoms with Gasteiger partial charge in [-0.3, -0.25) is 0 Å². The van der Waals surface area contributed by atoms with E-state index in [1.54, 1.807) is 6.07 Å². The number of aliphatic hydroxyl groups excluding tert-OH is 1. The summed E-state index contributed by atoms with van der Waals surface area (Å²) in [6, 6.07) is 5.08. The first kappa shape index (κ1) is 8.92. The Bertz CT molecular complexity index is 518. The molecule has 0 amide bonds. The summed E-state index contributed by atoms with van der Waals surface area (Å²) < 4.78 is 13.5. The second kappa shape index (κ2) is 3.07. The van der Waals surface area contributed by atoms with Crippen LogP contribution in [0.1, 0.15) is 17.7 Å². The van der Waals surface area contributed by atoms with E-state index in [1.165, 1.54) is 6.07 Å². The van der Waals surface area contributed by atoms with Crippen molar-refractivity contribution in [2.45, 2.75) is 25.4 Å². The lowest BCUT2D eigenvalue weighted by Gasteiger charge is -2.16. The molecule has 1 atom stereocenters. The molecule has 2 aromatic rings. The Morgan fingerprint density at radius 1 is 1.40 bits per heavy atom. The molecular formula is C12H12FNO. The number of hydrogen-bond acceptors (Lipinski definition) is 1. The van der Waals surface area contributed by atoms with Crippen molar-refractivity contribution in [3.05, 3.63) is 35.3 Å². The largest absolute Gasteiger partial charge is 0.393 e. The lowest BCUT2D eigenvalue weighted by Crippen LogP contribution is -2.17. The Balaban J connectivity index is 2.29. The van der Waals surface area contributed by atoms with E-state index in [0.717, 1.165) is 29.5 Å². The van der Waals surface area contributed by atoms with Crippen LogP contribution in [0.3, 0.4) is 0 Å². The van der Waals surface area contributed by atoms with Crippen LogP contribution in [0.2, 0.25) is 0 Å². The predicted molar refractivity (Wildman–Crippen MR) is 56.3 cm³/mol. The Morgan fingerprint density at radius 3 is 3.13 bits per heavy atom. The number of benzene rings is 1. The molecule has 1 aromatic carbocycles. The summed E-state index contributed by atoms with van der Waals surface area (Å²) in [6.07, 6.45) is 1.94. The molecule has 0 aliphatic heterocycles.